The number of halogens is 1. The second kappa shape index (κ2) is 5.62. The maximum absolute atomic E-state index is 12.7. The van der Waals surface area contributed by atoms with Crippen molar-refractivity contribution in [3.05, 3.63) is 35.6 Å². The highest BCUT2D eigenvalue weighted by Gasteiger charge is 2.20. The monoisotopic (exact) mass is 251 g/mol. The van der Waals surface area contributed by atoms with E-state index in [9.17, 15) is 9.18 Å². The second-order valence-corrected chi connectivity index (χ2v) is 4.20. The standard InChI is InChI=1S/C13H14FNO3/c14-10-3-1-9(2-4-10)7-11-8-15-12(18-11)5-6-13(16)17/h1-4,11H,5-8H2,(H,16,17). The van der Waals surface area contributed by atoms with Gasteiger partial charge >= 0.3 is 5.97 Å². The number of aliphatic imine (C=N–C) groups is 1. The first-order valence-electron chi connectivity index (χ1n) is 5.79. The van der Waals surface area contributed by atoms with E-state index in [1.54, 1.807) is 12.1 Å². The molecule has 1 aliphatic heterocycles. The number of benzene rings is 1. The highest BCUT2D eigenvalue weighted by molar-refractivity contribution is 5.81. The number of rotatable bonds is 5. The van der Waals surface area contributed by atoms with E-state index in [1.165, 1.54) is 12.1 Å². The van der Waals surface area contributed by atoms with Crippen LogP contribution < -0.4 is 0 Å². The molecule has 0 fully saturated rings. The van der Waals surface area contributed by atoms with Gasteiger partial charge in [-0.2, -0.15) is 0 Å². The number of nitrogens with zero attached hydrogens (tertiary/aromatic N) is 1. The lowest BCUT2D eigenvalue weighted by Gasteiger charge is -2.10. The summed E-state index contributed by atoms with van der Waals surface area (Å²) >= 11 is 0. The van der Waals surface area contributed by atoms with Crippen molar-refractivity contribution in [3.63, 3.8) is 0 Å². The van der Waals surface area contributed by atoms with Gasteiger partial charge in [-0.1, -0.05) is 12.1 Å². The van der Waals surface area contributed by atoms with E-state index in [0.29, 0.717) is 25.3 Å². The molecule has 0 bridgehead atoms. The molecule has 1 aromatic carbocycles. The van der Waals surface area contributed by atoms with Crippen LogP contribution in [0, 0.1) is 5.82 Å². The third-order valence-corrected chi connectivity index (χ3v) is 2.70. The molecule has 5 heteroatoms. The average molecular weight is 251 g/mol. The first-order valence-corrected chi connectivity index (χ1v) is 5.79. The summed E-state index contributed by atoms with van der Waals surface area (Å²) in [6, 6.07) is 6.26. The molecule has 1 aliphatic rings. The maximum Gasteiger partial charge on any atom is 0.303 e. The predicted molar refractivity (Wildman–Crippen MR) is 64.1 cm³/mol. The Morgan fingerprint density at radius 2 is 2.17 bits per heavy atom. The molecule has 0 amide bonds. The van der Waals surface area contributed by atoms with Crippen LogP contribution in [-0.2, 0) is 16.0 Å². The Labute approximate surface area is 104 Å². The lowest BCUT2D eigenvalue weighted by Crippen LogP contribution is -2.16. The maximum atomic E-state index is 12.7. The topological polar surface area (TPSA) is 58.9 Å². The summed E-state index contributed by atoms with van der Waals surface area (Å²) in [5.74, 6) is -0.614. The molecule has 4 nitrogen and oxygen atoms in total. The molecule has 0 saturated heterocycles. The van der Waals surface area contributed by atoms with Crippen LogP contribution >= 0.6 is 0 Å². The number of ether oxygens (including phenoxy) is 1. The van der Waals surface area contributed by atoms with E-state index < -0.39 is 5.97 Å². The first kappa shape index (κ1) is 12.5. The molecular weight excluding hydrogens is 237 g/mol. The third kappa shape index (κ3) is 3.55. The van der Waals surface area contributed by atoms with Crippen LogP contribution in [0.15, 0.2) is 29.3 Å². The van der Waals surface area contributed by atoms with Crippen molar-refractivity contribution < 1.29 is 19.0 Å². The molecule has 0 saturated carbocycles. The Bertz CT molecular complexity index is 456. The fourth-order valence-electron chi connectivity index (χ4n) is 1.81. The second-order valence-electron chi connectivity index (χ2n) is 4.20. The zero-order valence-electron chi connectivity index (χ0n) is 9.80. The summed E-state index contributed by atoms with van der Waals surface area (Å²) in [5, 5.41) is 8.55. The highest BCUT2D eigenvalue weighted by Crippen LogP contribution is 2.14. The Morgan fingerprint density at radius 3 is 2.83 bits per heavy atom. The molecule has 1 heterocycles. The zero-order valence-corrected chi connectivity index (χ0v) is 9.80. The number of hydrogen-bond donors (Lipinski definition) is 1. The summed E-state index contributed by atoms with van der Waals surface area (Å²) in [6.45, 7) is 0.534. The van der Waals surface area contributed by atoms with Crippen LogP contribution in [0.1, 0.15) is 18.4 Å². The molecule has 96 valence electrons. The summed E-state index contributed by atoms with van der Waals surface area (Å²) in [4.78, 5) is 14.6. The summed E-state index contributed by atoms with van der Waals surface area (Å²) in [6.07, 6.45) is 0.941. The number of carboxylic acids is 1. The normalized spacial score (nSPS) is 18.3. The molecule has 0 spiro atoms. The van der Waals surface area contributed by atoms with Crippen molar-refractivity contribution >= 4 is 11.9 Å². The van der Waals surface area contributed by atoms with Crippen LogP contribution in [-0.4, -0.2) is 29.6 Å². The van der Waals surface area contributed by atoms with Gasteiger partial charge < -0.3 is 9.84 Å². The van der Waals surface area contributed by atoms with Gasteiger partial charge in [-0.3, -0.25) is 9.79 Å². The van der Waals surface area contributed by atoms with Crippen LogP contribution in [0.4, 0.5) is 4.39 Å². The van der Waals surface area contributed by atoms with Crippen molar-refractivity contribution in [2.45, 2.75) is 25.4 Å². The first-order chi connectivity index (χ1) is 8.63. The predicted octanol–water partition coefficient (Wildman–Crippen LogP) is 2.03. The number of carbonyl (C=O) groups is 1. The van der Waals surface area contributed by atoms with Gasteiger partial charge in [0, 0.05) is 12.8 Å². The quantitative estimate of drug-likeness (QED) is 0.871. The largest absolute Gasteiger partial charge is 0.481 e. The van der Waals surface area contributed by atoms with E-state index in [0.717, 1.165) is 5.56 Å². The molecule has 1 N–H and O–H groups in total. The minimum Gasteiger partial charge on any atom is -0.481 e. The lowest BCUT2D eigenvalue weighted by molar-refractivity contribution is -0.136. The van der Waals surface area contributed by atoms with E-state index in [-0.39, 0.29) is 18.3 Å². The smallest absolute Gasteiger partial charge is 0.303 e. The number of carboxylic acid groups (broad SMARTS) is 1. The number of aliphatic carboxylic acids is 1. The molecule has 1 aromatic rings. The third-order valence-electron chi connectivity index (χ3n) is 2.70. The fraction of sp³-hybridized carbons (Fsp3) is 0.385. The molecule has 0 radical (unpaired) electrons. The molecule has 0 aromatic heterocycles. The van der Waals surface area contributed by atoms with Gasteiger partial charge in [0.05, 0.1) is 13.0 Å². The Balaban J connectivity index is 1.80. The van der Waals surface area contributed by atoms with E-state index in [2.05, 4.69) is 4.99 Å². The van der Waals surface area contributed by atoms with Crippen molar-refractivity contribution in [1.29, 1.82) is 0 Å². The van der Waals surface area contributed by atoms with Crippen LogP contribution in [0.25, 0.3) is 0 Å². The average Bonchev–Trinajstić information content (AvgIpc) is 2.77. The van der Waals surface area contributed by atoms with Gasteiger partial charge in [-0.25, -0.2) is 4.39 Å². The van der Waals surface area contributed by atoms with Crippen LogP contribution in [0.2, 0.25) is 0 Å². The molecular formula is C13H14FNO3. The zero-order chi connectivity index (χ0) is 13.0. The van der Waals surface area contributed by atoms with E-state index in [1.807, 2.05) is 0 Å². The summed E-state index contributed by atoms with van der Waals surface area (Å²) < 4.78 is 18.3. The van der Waals surface area contributed by atoms with E-state index >= 15 is 0 Å². The van der Waals surface area contributed by atoms with Crippen molar-refractivity contribution in [2.75, 3.05) is 6.54 Å². The molecule has 1 atom stereocenters. The highest BCUT2D eigenvalue weighted by atomic mass is 19.1. The summed E-state index contributed by atoms with van der Waals surface area (Å²) in [7, 11) is 0. The lowest BCUT2D eigenvalue weighted by atomic mass is 10.1. The van der Waals surface area contributed by atoms with Crippen molar-refractivity contribution in [1.82, 2.24) is 0 Å². The summed E-state index contributed by atoms with van der Waals surface area (Å²) in [5.41, 5.74) is 0.982. The van der Waals surface area contributed by atoms with Gasteiger partial charge in [0.2, 0.25) is 0 Å². The molecule has 1 unspecified atom stereocenters. The minimum absolute atomic E-state index is 0.0299. The van der Waals surface area contributed by atoms with Gasteiger partial charge in [-0.05, 0) is 17.7 Å². The van der Waals surface area contributed by atoms with Gasteiger partial charge in [0.15, 0.2) is 5.90 Å². The van der Waals surface area contributed by atoms with Crippen molar-refractivity contribution in [2.24, 2.45) is 4.99 Å². The molecule has 18 heavy (non-hydrogen) atoms. The Morgan fingerprint density at radius 1 is 1.44 bits per heavy atom. The minimum atomic E-state index is -0.858. The Kier molecular flexibility index (Phi) is 3.92. The molecule has 2 rings (SSSR count). The van der Waals surface area contributed by atoms with Crippen LogP contribution in [0.3, 0.4) is 0 Å². The van der Waals surface area contributed by atoms with Gasteiger partial charge in [0.1, 0.15) is 11.9 Å². The van der Waals surface area contributed by atoms with E-state index in [4.69, 9.17) is 9.84 Å². The number of hydrogen-bond acceptors (Lipinski definition) is 3. The van der Waals surface area contributed by atoms with Crippen molar-refractivity contribution in [3.8, 4) is 0 Å². The van der Waals surface area contributed by atoms with Crippen LogP contribution in [0.5, 0.6) is 0 Å². The Hall–Kier alpha value is -1.91. The SMILES string of the molecule is O=C(O)CCC1=NCC(Cc2ccc(F)cc2)O1. The molecule has 0 aliphatic carbocycles. The van der Waals surface area contributed by atoms with Gasteiger partial charge in [-0.15, -0.1) is 0 Å². The fourth-order valence-corrected chi connectivity index (χ4v) is 1.81. The van der Waals surface area contributed by atoms with Gasteiger partial charge in [0.25, 0.3) is 0 Å².